The van der Waals surface area contributed by atoms with Crippen LogP contribution in [0.4, 0.5) is 0 Å². The second kappa shape index (κ2) is 6.37. The fourth-order valence-electron chi connectivity index (χ4n) is 1.56. The van der Waals surface area contributed by atoms with Gasteiger partial charge in [0, 0.05) is 19.5 Å². The number of halogens is 1. The van der Waals surface area contributed by atoms with Gasteiger partial charge in [0.05, 0.1) is 12.1 Å². The summed E-state index contributed by atoms with van der Waals surface area (Å²) in [5.41, 5.74) is 1.11. The van der Waals surface area contributed by atoms with Gasteiger partial charge in [-0.15, -0.1) is 0 Å². The summed E-state index contributed by atoms with van der Waals surface area (Å²) in [6, 6.07) is 5.73. The Morgan fingerprint density at radius 1 is 1.44 bits per heavy atom. The van der Waals surface area contributed by atoms with Crippen molar-refractivity contribution < 1.29 is 9.26 Å². The smallest absolute Gasteiger partial charge is 0.213 e. The van der Waals surface area contributed by atoms with Crippen molar-refractivity contribution in [3.8, 4) is 5.75 Å². The predicted molar refractivity (Wildman–Crippen MR) is 67.7 cm³/mol. The van der Waals surface area contributed by atoms with Gasteiger partial charge in [0.15, 0.2) is 5.82 Å². The number of hydrogen-bond donors (Lipinski definition) is 1. The average Bonchev–Trinajstić information content (AvgIpc) is 2.88. The number of rotatable bonds is 6. The maximum absolute atomic E-state index is 6.04. The first-order chi connectivity index (χ1) is 8.79. The molecule has 0 saturated heterocycles. The molecule has 5 nitrogen and oxygen atoms in total. The van der Waals surface area contributed by atoms with Crippen LogP contribution in [-0.2, 0) is 13.0 Å². The van der Waals surface area contributed by atoms with Crippen molar-refractivity contribution >= 4 is 11.6 Å². The summed E-state index contributed by atoms with van der Waals surface area (Å²) in [4.78, 5) is 3.94. The highest BCUT2D eigenvalue weighted by atomic mass is 35.5. The van der Waals surface area contributed by atoms with Crippen LogP contribution in [0.2, 0.25) is 5.02 Å². The SMILES string of the molecule is COc1ccc(CNCCc2ncon2)cc1Cl. The van der Waals surface area contributed by atoms with Crippen LogP contribution in [0.25, 0.3) is 0 Å². The fourth-order valence-corrected chi connectivity index (χ4v) is 1.84. The molecular weight excluding hydrogens is 254 g/mol. The molecule has 2 aromatic rings. The third-order valence-corrected chi connectivity index (χ3v) is 2.77. The van der Waals surface area contributed by atoms with Crippen molar-refractivity contribution in [1.29, 1.82) is 0 Å². The van der Waals surface area contributed by atoms with Gasteiger partial charge >= 0.3 is 0 Å². The maximum atomic E-state index is 6.04. The highest BCUT2D eigenvalue weighted by Gasteiger charge is 2.02. The molecule has 0 fully saturated rings. The van der Waals surface area contributed by atoms with Crippen molar-refractivity contribution in [3.05, 3.63) is 41.0 Å². The molecule has 0 aliphatic carbocycles. The Morgan fingerprint density at radius 3 is 3.00 bits per heavy atom. The lowest BCUT2D eigenvalue weighted by molar-refractivity contribution is 0.409. The normalized spacial score (nSPS) is 10.6. The molecule has 0 aliphatic heterocycles. The number of benzene rings is 1. The second-order valence-electron chi connectivity index (χ2n) is 3.74. The first-order valence-corrected chi connectivity index (χ1v) is 5.96. The lowest BCUT2D eigenvalue weighted by atomic mass is 10.2. The molecule has 1 N–H and O–H groups in total. The van der Waals surface area contributed by atoms with E-state index in [2.05, 4.69) is 20.0 Å². The van der Waals surface area contributed by atoms with E-state index in [1.807, 2.05) is 18.2 Å². The van der Waals surface area contributed by atoms with Crippen LogP contribution < -0.4 is 10.1 Å². The Kier molecular flexibility index (Phi) is 4.55. The Bertz CT molecular complexity index is 488. The van der Waals surface area contributed by atoms with Crippen molar-refractivity contribution in [3.63, 3.8) is 0 Å². The van der Waals surface area contributed by atoms with Gasteiger partial charge in [-0.1, -0.05) is 22.8 Å². The summed E-state index contributed by atoms with van der Waals surface area (Å²) in [5, 5.41) is 7.64. The molecule has 0 amide bonds. The highest BCUT2D eigenvalue weighted by Crippen LogP contribution is 2.24. The van der Waals surface area contributed by atoms with Crippen LogP contribution in [0, 0.1) is 0 Å². The van der Waals surface area contributed by atoms with Crippen LogP contribution >= 0.6 is 11.6 Å². The van der Waals surface area contributed by atoms with Gasteiger partial charge in [-0.3, -0.25) is 0 Å². The van der Waals surface area contributed by atoms with Crippen LogP contribution in [-0.4, -0.2) is 23.8 Å². The van der Waals surface area contributed by atoms with E-state index in [1.165, 1.54) is 6.39 Å². The average molecular weight is 268 g/mol. The van der Waals surface area contributed by atoms with Crippen LogP contribution in [0.15, 0.2) is 29.1 Å². The van der Waals surface area contributed by atoms with E-state index in [1.54, 1.807) is 7.11 Å². The zero-order valence-electron chi connectivity index (χ0n) is 10.0. The standard InChI is InChI=1S/C12H14ClN3O2/c1-17-11-3-2-9(6-10(11)13)7-14-5-4-12-15-8-18-16-12/h2-3,6,8,14H,4-5,7H2,1H3. The Balaban J connectivity index is 1.78. The first-order valence-electron chi connectivity index (χ1n) is 5.58. The lowest BCUT2D eigenvalue weighted by Gasteiger charge is -2.07. The minimum atomic E-state index is 0.620. The largest absolute Gasteiger partial charge is 0.495 e. The topological polar surface area (TPSA) is 60.2 Å². The first kappa shape index (κ1) is 12.9. The van der Waals surface area contributed by atoms with Gasteiger partial charge in [0.25, 0.3) is 0 Å². The number of hydrogen-bond acceptors (Lipinski definition) is 5. The minimum Gasteiger partial charge on any atom is -0.495 e. The molecule has 2 rings (SSSR count). The Hall–Kier alpha value is -1.59. The Labute approximate surface area is 110 Å². The quantitative estimate of drug-likeness (QED) is 0.812. The molecule has 0 bridgehead atoms. The molecule has 0 saturated carbocycles. The van der Waals surface area contributed by atoms with Gasteiger partial charge in [-0.05, 0) is 17.7 Å². The molecule has 1 aromatic carbocycles. The van der Waals surface area contributed by atoms with Crippen molar-refractivity contribution in [1.82, 2.24) is 15.5 Å². The molecule has 1 heterocycles. The predicted octanol–water partition coefficient (Wildman–Crippen LogP) is 2.06. The lowest BCUT2D eigenvalue weighted by Crippen LogP contribution is -2.17. The summed E-state index contributed by atoms with van der Waals surface area (Å²) in [7, 11) is 1.60. The molecular formula is C12H14ClN3O2. The Morgan fingerprint density at radius 2 is 2.33 bits per heavy atom. The molecule has 0 atom stereocenters. The van der Waals surface area contributed by atoms with E-state index in [-0.39, 0.29) is 0 Å². The summed E-state index contributed by atoms with van der Waals surface area (Å²) in [6.07, 6.45) is 2.07. The number of ether oxygens (including phenoxy) is 1. The highest BCUT2D eigenvalue weighted by molar-refractivity contribution is 6.32. The monoisotopic (exact) mass is 267 g/mol. The van der Waals surface area contributed by atoms with E-state index in [9.17, 15) is 0 Å². The number of aromatic nitrogens is 2. The van der Waals surface area contributed by atoms with E-state index >= 15 is 0 Å². The van der Waals surface area contributed by atoms with Crippen LogP contribution in [0.3, 0.4) is 0 Å². The van der Waals surface area contributed by atoms with Gasteiger partial charge in [0.2, 0.25) is 6.39 Å². The summed E-state index contributed by atoms with van der Waals surface area (Å²) in [5.74, 6) is 1.39. The van der Waals surface area contributed by atoms with Gasteiger partial charge in [-0.25, -0.2) is 0 Å². The number of nitrogens with one attached hydrogen (secondary N) is 1. The van der Waals surface area contributed by atoms with Gasteiger partial charge in [0.1, 0.15) is 5.75 Å². The van der Waals surface area contributed by atoms with Crippen molar-refractivity contribution in [2.24, 2.45) is 0 Å². The second-order valence-corrected chi connectivity index (χ2v) is 4.15. The zero-order chi connectivity index (χ0) is 12.8. The molecule has 0 spiro atoms. The number of nitrogens with zero attached hydrogens (tertiary/aromatic N) is 2. The van der Waals surface area contributed by atoms with E-state index in [0.717, 1.165) is 25.1 Å². The summed E-state index contributed by atoms with van der Waals surface area (Å²) >= 11 is 6.04. The summed E-state index contributed by atoms with van der Waals surface area (Å²) in [6.45, 7) is 1.52. The van der Waals surface area contributed by atoms with Crippen LogP contribution in [0.5, 0.6) is 5.75 Å². The minimum absolute atomic E-state index is 0.620. The fraction of sp³-hybridized carbons (Fsp3) is 0.333. The van der Waals surface area contributed by atoms with E-state index in [4.69, 9.17) is 16.3 Å². The molecule has 0 unspecified atom stereocenters. The molecule has 6 heteroatoms. The van der Waals surface area contributed by atoms with E-state index in [0.29, 0.717) is 16.6 Å². The molecule has 0 radical (unpaired) electrons. The third-order valence-electron chi connectivity index (χ3n) is 2.48. The van der Waals surface area contributed by atoms with E-state index < -0.39 is 0 Å². The third kappa shape index (κ3) is 3.45. The summed E-state index contributed by atoms with van der Waals surface area (Å²) < 4.78 is 9.75. The van der Waals surface area contributed by atoms with Crippen molar-refractivity contribution in [2.75, 3.05) is 13.7 Å². The number of methoxy groups -OCH3 is 1. The van der Waals surface area contributed by atoms with Crippen LogP contribution in [0.1, 0.15) is 11.4 Å². The molecule has 1 aromatic heterocycles. The maximum Gasteiger partial charge on any atom is 0.213 e. The molecule has 18 heavy (non-hydrogen) atoms. The van der Waals surface area contributed by atoms with Crippen molar-refractivity contribution in [2.45, 2.75) is 13.0 Å². The van der Waals surface area contributed by atoms with Gasteiger partial charge in [-0.2, -0.15) is 4.98 Å². The van der Waals surface area contributed by atoms with Gasteiger partial charge < -0.3 is 14.6 Å². The zero-order valence-corrected chi connectivity index (χ0v) is 10.8. The molecule has 96 valence electrons. The molecule has 0 aliphatic rings.